The summed E-state index contributed by atoms with van der Waals surface area (Å²) in [6.07, 6.45) is 0.298. The second-order valence-corrected chi connectivity index (χ2v) is 9.39. The largest absolute Gasteiger partial charge is 0.472 e. The highest BCUT2D eigenvalue weighted by atomic mass is 35.5. The normalized spacial score (nSPS) is 16.2. The van der Waals surface area contributed by atoms with Gasteiger partial charge in [0.1, 0.15) is 5.15 Å². The smallest absolute Gasteiger partial charge is 0.420 e. The lowest BCUT2D eigenvalue weighted by Gasteiger charge is -2.32. The van der Waals surface area contributed by atoms with E-state index in [0.29, 0.717) is 5.56 Å². The molecule has 3 aromatic heterocycles. The zero-order valence-electron chi connectivity index (χ0n) is 16.1. The van der Waals surface area contributed by atoms with Gasteiger partial charge < -0.3 is 9.32 Å². The lowest BCUT2D eigenvalue weighted by atomic mass is 10.1. The van der Waals surface area contributed by atoms with Crippen molar-refractivity contribution in [3.05, 3.63) is 47.3 Å². The number of imidazole rings is 1. The summed E-state index contributed by atoms with van der Waals surface area (Å²) >= 11 is 6.28. The van der Waals surface area contributed by atoms with E-state index in [1.54, 1.807) is 0 Å². The molecule has 4 rings (SSSR count). The Kier molecular flexibility index (Phi) is 5.26. The number of rotatable bonds is 3. The monoisotopic (exact) mass is 476 g/mol. The first-order valence-corrected chi connectivity index (χ1v) is 11.2. The van der Waals surface area contributed by atoms with E-state index in [4.69, 9.17) is 16.0 Å². The summed E-state index contributed by atoms with van der Waals surface area (Å²) in [5.74, 6) is -0.667. The molecule has 0 atom stereocenters. The van der Waals surface area contributed by atoms with Crippen LogP contribution in [-0.2, 0) is 16.2 Å². The first kappa shape index (κ1) is 21.7. The lowest BCUT2D eigenvalue weighted by molar-refractivity contribution is -0.136. The van der Waals surface area contributed by atoms with E-state index in [2.05, 4.69) is 4.98 Å². The first-order valence-electron chi connectivity index (χ1n) is 9.02. The minimum atomic E-state index is -4.74. The molecule has 4 heterocycles. The number of halogens is 4. The van der Waals surface area contributed by atoms with E-state index in [0.717, 1.165) is 16.7 Å². The molecular formula is C18H16ClF3N4O4S. The van der Waals surface area contributed by atoms with Crippen molar-refractivity contribution in [1.29, 1.82) is 0 Å². The standard InChI is InChI=1S/C18H16ClF3N4O4S/c1-31(28,29)25-5-3-24(4-6-25)17(27)14-15(19)26-9-12(11-2-7-30-10-11)8-13(16(26)23-14)18(20,21)22/h2,7-10H,3-6H2,1H3. The predicted molar refractivity (Wildman–Crippen MR) is 105 cm³/mol. The Bertz CT molecular complexity index is 1250. The third-order valence-electron chi connectivity index (χ3n) is 5.02. The Morgan fingerprint density at radius 3 is 2.42 bits per heavy atom. The van der Waals surface area contributed by atoms with E-state index >= 15 is 0 Å². The third kappa shape index (κ3) is 4.02. The van der Waals surface area contributed by atoms with Crippen LogP contribution in [0.4, 0.5) is 13.2 Å². The molecule has 0 spiro atoms. The van der Waals surface area contributed by atoms with E-state index < -0.39 is 33.3 Å². The van der Waals surface area contributed by atoms with Crippen molar-refractivity contribution in [3.8, 4) is 11.1 Å². The molecule has 1 fully saturated rings. The molecule has 0 N–H and O–H groups in total. The van der Waals surface area contributed by atoms with E-state index in [9.17, 15) is 26.4 Å². The zero-order chi connectivity index (χ0) is 22.6. The molecule has 0 radical (unpaired) electrons. The van der Waals surface area contributed by atoms with Crippen molar-refractivity contribution in [3.63, 3.8) is 0 Å². The molecular weight excluding hydrogens is 461 g/mol. The SMILES string of the molecule is CS(=O)(=O)N1CCN(C(=O)c2nc3c(C(F)(F)F)cc(-c4ccoc4)cn3c2Cl)CC1. The van der Waals surface area contributed by atoms with Crippen molar-refractivity contribution < 1.29 is 30.8 Å². The number of hydrogen-bond donors (Lipinski definition) is 0. The second-order valence-electron chi connectivity index (χ2n) is 7.05. The van der Waals surface area contributed by atoms with Gasteiger partial charge in [0.05, 0.1) is 24.3 Å². The molecule has 1 aliphatic rings. The van der Waals surface area contributed by atoms with Gasteiger partial charge in [0.2, 0.25) is 10.0 Å². The summed E-state index contributed by atoms with van der Waals surface area (Å²) < 4.78 is 71.6. The van der Waals surface area contributed by atoms with Gasteiger partial charge in [-0.05, 0) is 12.1 Å². The molecule has 1 saturated heterocycles. The highest BCUT2D eigenvalue weighted by Crippen LogP contribution is 2.37. The lowest BCUT2D eigenvalue weighted by Crippen LogP contribution is -2.50. The van der Waals surface area contributed by atoms with Crippen molar-refractivity contribution in [2.75, 3.05) is 32.4 Å². The van der Waals surface area contributed by atoms with Crippen LogP contribution in [0.3, 0.4) is 0 Å². The van der Waals surface area contributed by atoms with Gasteiger partial charge in [0, 0.05) is 43.5 Å². The van der Waals surface area contributed by atoms with Crippen molar-refractivity contribution in [1.82, 2.24) is 18.6 Å². The molecule has 0 bridgehead atoms. The van der Waals surface area contributed by atoms with Gasteiger partial charge in [-0.3, -0.25) is 9.20 Å². The average Bonchev–Trinajstić information content (AvgIpc) is 3.34. The van der Waals surface area contributed by atoms with Gasteiger partial charge in [0.25, 0.3) is 5.91 Å². The van der Waals surface area contributed by atoms with Gasteiger partial charge in [-0.1, -0.05) is 11.6 Å². The van der Waals surface area contributed by atoms with Crippen molar-refractivity contribution >= 4 is 33.2 Å². The summed E-state index contributed by atoms with van der Waals surface area (Å²) in [6, 6.07) is 2.42. The van der Waals surface area contributed by atoms with Crippen LogP contribution >= 0.6 is 11.6 Å². The maximum absolute atomic E-state index is 13.7. The highest BCUT2D eigenvalue weighted by molar-refractivity contribution is 7.88. The number of alkyl halides is 3. The maximum Gasteiger partial charge on any atom is 0.420 e. The van der Waals surface area contributed by atoms with E-state index in [-0.39, 0.29) is 42.6 Å². The van der Waals surface area contributed by atoms with Crippen LogP contribution in [0.2, 0.25) is 5.15 Å². The first-order chi connectivity index (χ1) is 14.5. The minimum absolute atomic E-state index is 0.0719. The Morgan fingerprint density at radius 2 is 1.87 bits per heavy atom. The van der Waals surface area contributed by atoms with Crippen molar-refractivity contribution in [2.45, 2.75) is 6.18 Å². The molecule has 3 aromatic rings. The Balaban J connectivity index is 1.75. The Morgan fingerprint density at radius 1 is 1.19 bits per heavy atom. The van der Waals surface area contributed by atoms with Gasteiger partial charge in [-0.25, -0.2) is 13.4 Å². The topological polar surface area (TPSA) is 88.1 Å². The number of hydrogen-bond acceptors (Lipinski definition) is 5. The van der Waals surface area contributed by atoms with Gasteiger partial charge in [-0.2, -0.15) is 17.5 Å². The van der Waals surface area contributed by atoms with Gasteiger partial charge >= 0.3 is 6.18 Å². The number of pyridine rings is 1. The summed E-state index contributed by atoms with van der Waals surface area (Å²) in [5.41, 5.74) is -1.28. The molecule has 8 nitrogen and oxygen atoms in total. The van der Waals surface area contributed by atoms with Crippen molar-refractivity contribution in [2.24, 2.45) is 0 Å². The molecule has 0 aromatic carbocycles. The maximum atomic E-state index is 13.7. The molecule has 166 valence electrons. The van der Waals surface area contributed by atoms with E-state index in [1.165, 1.54) is 34.0 Å². The fourth-order valence-corrected chi connectivity index (χ4v) is 4.50. The summed E-state index contributed by atoms with van der Waals surface area (Å²) in [6.45, 7) is 0.299. The van der Waals surface area contributed by atoms with Crippen LogP contribution in [0.15, 0.2) is 35.3 Å². The van der Waals surface area contributed by atoms with E-state index in [1.807, 2.05) is 0 Å². The number of carbonyl (C=O) groups is 1. The van der Waals surface area contributed by atoms with Crippen LogP contribution < -0.4 is 0 Å². The molecule has 13 heteroatoms. The van der Waals surface area contributed by atoms with Crippen LogP contribution in [-0.4, -0.2) is 65.3 Å². The fraction of sp³-hybridized carbons (Fsp3) is 0.333. The van der Waals surface area contributed by atoms with Crippen LogP contribution in [0.25, 0.3) is 16.8 Å². The second kappa shape index (κ2) is 7.53. The molecule has 0 aliphatic carbocycles. The average molecular weight is 477 g/mol. The third-order valence-corrected chi connectivity index (χ3v) is 6.68. The number of furan rings is 1. The Hall–Kier alpha value is -2.57. The minimum Gasteiger partial charge on any atom is -0.472 e. The number of aromatic nitrogens is 2. The Labute approximate surface area is 179 Å². The summed E-state index contributed by atoms with van der Waals surface area (Å²) in [4.78, 5) is 18.2. The number of sulfonamides is 1. The molecule has 0 unspecified atom stereocenters. The predicted octanol–water partition coefficient (Wildman–Crippen LogP) is 2.98. The molecule has 0 saturated carbocycles. The quantitative estimate of drug-likeness (QED) is 0.580. The summed E-state index contributed by atoms with van der Waals surface area (Å²) in [5, 5.41) is -0.263. The molecule has 31 heavy (non-hydrogen) atoms. The number of carbonyl (C=O) groups excluding carboxylic acids is 1. The molecule has 1 amide bonds. The molecule has 1 aliphatic heterocycles. The number of piperazine rings is 1. The zero-order valence-corrected chi connectivity index (χ0v) is 17.6. The van der Waals surface area contributed by atoms with Crippen LogP contribution in [0.1, 0.15) is 16.1 Å². The number of amides is 1. The van der Waals surface area contributed by atoms with Gasteiger partial charge in [0.15, 0.2) is 11.3 Å². The van der Waals surface area contributed by atoms with Crippen LogP contribution in [0, 0.1) is 0 Å². The van der Waals surface area contributed by atoms with Gasteiger partial charge in [-0.15, -0.1) is 0 Å². The fourth-order valence-electron chi connectivity index (χ4n) is 3.42. The number of nitrogens with zero attached hydrogens (tertiary/aromatic N) is 4. The summed E-state index contributed by atoms with van der Waals surface area (Å²) in [7, 11) is -3.40. The highest BCUT2D eigenvalue weighted by Gasteiger charge is 2.37. The number of fused-ring (bicyclic) bond motifs is 1. The van der Waals surface area contributed by atoms with Crippen LogP contribution in [0.5, 0.6) is 0 Å².